The third kappa shape index (κ3) is 5.01. The largest absolute Gasteiger partial charge is 0.493 e. The van der Waals surface area contributed by atoms with Crippen LogP contribution in [0.25, 0.3) is 0 Å². The quantitative estimate of drug-likeness (QED) is 0.355. The molecule has 5 aliphatic rings. The molecule has 2 aromatic carbocycles. The summed E-state index contributed by atoms with van der Waals surface area (Å²) in [5.41, 5.74) is 2.17. The van der Waals surface area contributed by atoms with E-state index in [4.69, 9.17) is 47.4 Å². The Morgan fingerprint density at radius 1 is 0.872 bits per heavy atom. The first kappa shape index (κ1) is 30.7. The minimum Gasteiger partial charge on any atom is -0.493 e. The van der Waals surface area contributed by atoms with Crippen molar-refractivity contribution in [1.82, 2.24) is 0 Å². The molecule has 0 bridgehead atoms. The standard InChI is InChI=1S/C33H34O13S/c1-37-20-7-14(8-21(38-2)29(20)39-3)24-15-9-18-19(43-13-42-18)10-16(15)28(17-11-40-31(36)25(17)24)45-33-27(35)26(34)30-22(44-33)12-41-32(46-30)23-5-4-6-47-23/h4-10,17,22,24-28,30,32-35H,11-13H2,1-3H3/t17-,22+,24+,25-,26+,27+,28-,30+,32?,33-/m0/s1. The summed E-state index contributed by atoms with van der Waals surface area (Å²) < 4.78 is 58.8. The van der Waals surface area contributed by atoms with Crippen LogP contribution in [0.4, 0.5) is 0 Å². The molecule has 0 saturated carbocycles. The summed E-state index contributed by atoms with van der Waals surface area (Å²) in [5, 5.41) is 24.5. The van der Waals surface area contributed by atoms with Crippen LogP contribution in [0.5, 0.6) is 28.7 Å². The van der Waals surface area contributed by atoms with Gasteiger partial charge in [-0.3, -0.25) is 4.79 Å². The van der Waals surface area contributed by atoms with E-state index in [1.165, 1.54) is 32.7 Å². The Balaban J connectivity index is 1.16. The predicted octanol–water partition coefficient (Wildman–Crippen LogP) is 3.06. The van der Waals surface area contributed by atoms with Gasteiger partial charge in [-0.1, -0.05) is 6.07 Å². The topological polar surface area (TPSA) is 150 Å². The number of rotatable bonds is 7. The highest BCUT2D eigenvalue weighted by Crippen LogP contribution is 2.57. The molecule has 1 unspecified atom stereocenters. The highest BCUT2D eigenvalue weighted by Gasteiger charge is 2.56. The summed E-state index contributed by atoms with van der Waals surface area (Å²) in [6, 6.07) is 11.1. The van der Waals surface area contributed by atoms with E-state index in [-0.39, 0.29) is 20.0 Å². The number of thiophene rings is 1. The zero-order chi connectivity index (χ0) is 32.4. The monoisotopic (exact) mass is 670 g/mol. The Morgan fingerprint density at radius 3 is 2.30 bits per heavy atom. The van der Waals surface area contributed by atoms with Gasteiger partial charge in [-0.05, 0) is 52.4 Å². The summed E-state index contributed by atoms with van der Waals surface area (Å²) in [7, 11) is 4.59. The van der Waals surface area contributed by atoms with E-state index in [9.17, 15) is 15.0 Å². The van der Waals surface area contributed by atoms with Gasteiger partial charge in [0, 0.05) is 11.8 Å². The molecule has 250 valence electrons. The Hall–Kier alpha value is -3.63. The molecular weight excluding hydrogens is 636 g/mol. The second-order valence-corrected chi connectivity index (χ2v) is 12.9. The number of ether oxygens (including phenoxy) is 10. The smallest absolute Gasteiger partial charge is 0.310 e. The minimum absolute atomic E-state index is 0.0413. The molecule has 2 N–H and O–H groups in total. The van der Waals surface area contributed by atoms with Crippen LogP contribution in [-0.2, 0) is 28.5 Å². The van der Waals surface area contributed by atoms with Crippen molar-refractivity contribution in [3.05, 3.63) is 63.3 Å². The Bertz CT molecular complexity index is 1620. The highest BCUT2D eigenvalue weighted by molar-refractivity contribution is 7.10. The second-order valence-electron chi connectivity index (χ2n) is 12.0. The second kappa shape index (κ2) is 12.1. The number of hydrogen-bond acceptors (Lipinski definition) is 14. The zero-order valence-corrected chi connectivity index (χ0v) is 26.5. The van der Waals surface area contributed by atoms with Crippen molar-refractivity contribution in [3.63, 3.8) is 0 Å². The molecule has 1 aliphatic carbocycles. The van der Waals surface area contributed by atoms with Crippen molar-refractivity contribution in [2.75, 3.05) is 41.3 Å². The SMILES string of the molecule is COc1cc([C@@H]2c3cc4c(cc3[C@H](O[C@@H]3O[C@@H]5COC(c6cccs6)O[C@H]5[C@H](O)[C@H]3O)[C@H]3COC(=O)[C@H]23)OCO4)cc(OC)c1OC. The van der Waals surface area contributed by atoms with Gasteiger partial charge in [-0.25, -0.2) is 0 Å². The Labute approximate surface area is 273 Å². The fourth-order valence-electron chi connectivity index (χ4n) is 7.37. The van der Waals surface area contributed by atoms with Crippen LogP contribution in [0, 0.1) is 11.8 Å². The molecule has 13 nitrogen and oxygen atoms in total. The molecule has 5 heterocycles. The van der Waals surface area contributed by atoms with Crippen LogP contribution >= 0.6 is 11.3 Å². The molecule has 8 rings (SSSR count). The molecule has 0 radical (unpaired) electrons. The average molecular weight is 671 g/mol. The number of methoxy groups -OCH3 is 3. The molecule has 3 fully saturated rings. The lowest BCUT2D eigenvalue weighted by Gasteiger charge is -2.48. The van der Waals surface area contributed by atoms with Crippen LogP contribution in [-0.4, -0.2) is 88.2 Å². The van der Waals surface area contributed by atoms with Crippen LogP contribution in [0.3, 0.4) is 0 Å². The molecule has 3 saturated heterocycles. The van der Waals surface area contributed by atoms with Crippen molar-refractivity contribution in [3.8, 4) is 28.7 Å². The Morgan fingerprint density at radius 2 is 1.62 bits per heavy atom. The summed E-state index contributed by atoms with van der Waals surface area (Å²) in [5.74, 6) is 0.229. The molecule has 10 atom stereocenters. The molecule has 14 heteroatoms. The summed E-state index contributed by atoms with van der Waals surface area (Å²) in [6.45, 7) is 0.225. The van der Waals surface area contributed by atoms with Crippen LogP contribution in [0.1, 0.15) is 39.9 Å². The predicted molar refractivity (Wildman–Crippen MR) is 161 cm³/mol. The van der Waals surface area contributed by atoms with Crippen LogP contribution in [0.2, 0.25) is 0 Å². The highest BCUT2D eigenvalue weighted by atomic mass is 32.1. The molecule has 3 aromatic rings. The first-order valence-corrected chi connectivity index (χ1v) is 16.2. The van der Waals surface area contributed by atoms with E-state index in [2.05, 4.69) is 0 Å². The zero-order valence-electron chi connectivity index (χ0n) is 25.7. The van der Waals surface area contributed by atoms with Gasteiger partial charge in [0.15, 0.2) is 35.6 Å². The lowest BCUT2D eigenvalue weighted by molar-refractivity contribution is -0.368. The molecule has 0 amide bonds. The van der Waals surface area contributed by atoms with E-state index in [0.29, 0.717) is 34.3 Å². The molecule has 0 spiro atoms. The number of hydrogen-bond donors (Lipinski definition) is 2. The first-order valence-electron chi connectivity index (χ1n) is 15.3. The molecule has 1 aromatic heterocycles. The summed E-state index contributed by atoms with van der Waals surface area (Å²) >= 11 is 1.47. The van der Waals surface area contributed by atoms with Gasteiger partial charge in [-0.15, -0.1) is 11.3 Å². The summed E-state index contributed by atoms with van der Waals surface area (Å²) in [4.78, 5) is 14.4. The Kier molecular flexibility index (Phi) is 7.91. The van der Waals surface area contributed by atoms with Gasteiger partial charge in [0.1, 0.15) is 24.4 Å². The third-order valence-electron chi connectivity index (χ3n) is 9.55. The maximum atomic E-state index is 13.6. The van der Waals surface area contributed by atoms with Crippen molar-refractivity contribution in [2.45, 2.75) is 49.0 Å². The van der Waals surface area contributed by atoms with Gasteiger partial charge < -0.3 is 57.6 Å². The number of fused-ring (bicyclic) bond motifs is 4. The maximum Gasteiger partial charge on any atom is 0.310 e. The third-order valence-corrected chi connectivity index (χ3v) is 10.4. The molecule has 47 heavy (non-hydrogen) atoms. The van der Waals surface area contributed by atoms with Gasteiger partial charge >= 0.3 is 5.97 Å². The van der Waals surface area contributed by atoms with Crippen molar-refractivity contribution in [1.29, 1.82) is 0 Å². The lowest BCUT2D eigenvalue weighted by Crippen LogP contribution is -2.62. The van der Waals surface area contributed by atoms with Crippen molar-refractivity contribution in [2.24, 2.45) is 11.8 Å². The van der Waals surface area contributed by atoms with Gasteiger partial charge in [-0.2, -0.15) is 0 Å². The number of aliphatic hydroxyl groups is 2. The number of aliphatic hydroxyl groups excluding tert-OH is 2. The fraction of sp³-hybridized carbons (Fsp3) is 0.485. The van der Waals surface area contributed by atoms with E-state index in [1.54, 1.807) is 0 Å². The van der Waals surface area contributed by atoms with Crippen molar-refractivity contribution >= 4 is 17.3 Å². The van der Waals surface area contributed by atoms with Crippen LogP contribution < -0.4 is 23.7 Å². The van der Waals surface area contributed by atoms with Gasteiger partial charge in [0.2, 0.25) is 12.5 Å². The number of cyclic esters (lactones) is 1. The van der Waals surface area contributed by atoms with E-state index in [0.717, 1.165) is 16.0 Å². The number of esters is 1. The average Bonchev–Trinajstić information content (AvgIpc) is 3.87. The number of benzene rings is 2. The maximum absolute atomic E-state index is 13.6. The van der Waals surface area contributed by atoms with E-state index in [1.807, 2.05) is 41.8 Å². The van der Waals surface area contributed by atoms with E-state index < -0.39 is 66.8 Å². The van der Waals surface area contributed by atoms with Gasteiger partial charge in [0.05, 0.1) is 51.4 Å². The lowest BCUT2D eigenvalue weighted by atomic mass is 9.66. The first-order chi connectivity index (χ1) is 22.9. The van der Waals surface area contributed by atoms with E-state index >= 15 is 0 Å². The number of carbonyl (C=O) groups excluding carboxylic acids is 1. The normalized spacial score (nSPS) is 33.8. The minimum atomic E-state index is -1.46. The van der Waals surface area contributed by atoms with Crippen LogP contribution in [0.15, 0.2) is 41.8 Å². The summed E-state index contributed by atoms with van der Waals surface area (Å²) in [6.07, 6.45) is -7.07. The molecule has 4 aliphatic heterocycles. The van der Waals surface area contributed by atoms with Gasteiger partial charge in [0.25, 0.3) is 0 Å². The molecular formula is C33H34O13S. The number of carbonyl (C=O) groups is 1. The fourth-order valence-corrected chi connectivity index (χ4v) is 8.08. The van der Waals surface area contributed by atoms with Crippen molar-refractivity contribution < 1.29 is 62.4 Å².